The van der Waals surface area contributed by atoms with E-state index in [1.807, 2.05) is 47.9 Å². The molecule has 0 amide bonds. The maximum atomic E-state index is 12.4. The SMILES string of the molecule is COCn1c(-c2ccccn2)c(C)c(C(C)=O)c1-c1ccccn1. The first-order valence-corrected chi connectivity index (χ1v) is 7.71. The molecular formula is C19H19N3O2. The van der Waals surface area contributed by atoms with Crippen LogP contribution in [0.2, 0.25) is 0 Å². The van der Waals surface area contributed by atoms with Crippen molar-refractivity contribution in [2.45, 2.75) is 20.6 Å². The van der Waals surface area contributed by atoms with Crippen molar-refractivity contribution in [1.82, 2.24) is 14.5 Å². The molecule has 0 N–H and O–H groups in total. The third-order valence-electron chi connectivity index (χ3n) is 3.93. The van der Waals surface area contributed by atoms with Gasteiger partial charge in [0.2, 0.25) is 0 Å². The molecule has 0 aliphatic heterocycles. The van der Waals surface area contributed by atoms with Crippen molar-refractivity contribution < 1.29 is 9.53 Å². The molecular weight excluding hydrogens is 302 g/mol. The summed E-state index contributed by atoms with van der Waals surface area (Å²) in [6, 6.07) is 11.4. The molecule has 3 rings (SSSR count). The molecule has 3 aromatic rings. The lowest BCUT2D eigenvalue weighted by atomic mass is 10.0. The molecule has 3 heterocycles. The van der Waals surface area contributed by atoms with Crippen LogP contribution in [-0.4, -0.2) is 27.4 Å². The van der Waals surface area contributed by atoms with Crippen molar-refractivity contribution in [2.75, 3.05) is 7.11 Å². The predicted octanol–water partition coefficient (Wildman–Crippen LogP) is 3.73. The van der Waals surface area contributed by atoms with Gasteiger partial charge in [-0.3, -0.25) is 14.8 Å². The van der Waals surface area contributed by atoms with Gasteiger partial charge in [0.15, 0.2) is 5.78 Å². The van der Waals surface area contributed by atoms with Crippen LogP contribution in [0.5, 0.6) is 0 Å². The lowest BCUT2D eigenvalue weighted by molar-refractivity contribution is 0.101. The summed E-state index contributed by atoms with van der Waals surface area (Å²) in [7, 11) is 1.63. The Labute approximate surface area is 141 Å². The van der Waals surface area contributed by atoms with Gasteiger partial charge in [0.05, 0.1) is 22.8 Å². The normalized spacial score (nSPS) is 10.8. The number of aromatic nitrogens is 3. The average molecular weight is 321 g/mol. The number of nitrogens with zero attached hydrogens (tertiary/aromatic N) is 3. The van der Waals surface area contributed by atoms with Gasteiger partial charge in [-0.1, -0.05) is 12.1 Å². The number of Topliss-reactive ketones (excluding diaryl/α,β-unsaturated/α-hetero) is 1. The minimum atomic E-state index is 0.000173. The molecule has 0 unspecified atom stereocenters. The summed E-state index contributed by atoms with van der Waals surface area (Å²) in [6.45, 7) is 3.83. The number of ketones is 1. The quantitative estimate of drug-likeness (QED) is 0.672. The molecule has 0 fully saturated rings. The van der Waals surface area contributed by atoms with E-state index in [-0.39, 0.29) is 5.78 Å². The fraction of sp³-hybridized carbons (Fsp3) is 0.211. The number of pyridine rings is 2. The van der Waals surface area contributed by atoms with Crippen molar-refractivity contribution in [2.24, 2.45) is 0 Å². The Kier molecular flexibility index (Phi) is 4.53. The molecule has 0 saturated carbocycles. The molecule has 0 aromatic carbocycles. The van der Waals surface area contributed by atoms with Gasteiger partial charge in [0.25, 0.3) is 0 Å². The molecule has 0 bridgehead atoms. The van der Waals surface area contributed by atoms with Crippen molar-refractivity contribution in [1.29, 1.82) is 0 Å². The summed E-state index contributed by atoms with van der Waals surface area (Å²) >= 11 is 0. The zero-order valence-electron chi connectivity index (χ0n) is 14.0. The molecule has 0 aliphatic carbocycles. The highest BCUT2D eigenvalue weighted by Crippen LogP contribution is 2.35. The van der Waals surface area contributed by atoms with Crippen molar-refractivity contribution in [3.63, 3.8) is 0 Å². The van der Waals surface area contributed by atoms with E-state index in [2.05, 4.69) is 9.97 Å². The summed E-state index contributed by atoms with van der Waals surface area (Å²) in [5.41, 5.74) is 4.73. The molecule has 0 aliphatic rings. The van der Waals surface area contributed by atoms with Gasteiger partial charge in [0, 0.05) is 25.1 Å². The largest absolute Gasteiger partial charge is 0.364 e. The second-order valence-electron chi connectivity index (χ2n) is 5.53. The minimum absolute atomic E-state index is 0.000173. The van der Waals surface area contributed by atoms with Gasteiger partial charge in [0.1, 0.15) is 6.73 Å². The Balaban J connectivity index is 2.37. The van der Waals surface area contributed by atoms with E-state index in [1.165, 1.54) is 0 Å². The fourth-order valence-electron chi connectivity index (χ4n) is 3.04. The third kappa shape index (κ3) is 2.74. The summed E-state index contributed by atoms with van der Waals surface area (Å²) in [6.07, 6.45) is 3.46. The first-order chi connectivity index (χ1) is 11.6. The predicted molar refractivity (Wildman–Crippen MR) is 92.6 cm³/mol. The third-order valence-corrected chi connectivity index (χ3v) is 3.93. The highest BCUT2D eigenvalue weighted by atomic mass is 16.5. The number of hydrogen-bond donors (Lipinski definition) is 0. The van der Waals surface area contributed by atoms with Crippen LogP contribution in [0.3, 0.4) is 0 Å². The van der Waals surface area contributed by atoms with Gasteiger partial charge in [-0.2, -0.15) is 0 Å². The number of rotatable bonds is 5. The van der Waals surface area contributed by atoms with E-state index < -0.39 is 0 Å². The van der Waals surface area contributed by atoms with Crippen LogP contribution in [-0.2, 0) is 11.5 Å². The van der Waals surface area contributed by atoms with Gasteiger partial charge in [-0.15, -0.1) is 0 Å². The van der Waals surface area contributed by atoms with Gasteiger partial charge in [-0.25, -0.2) is 0 Å². The van der Waals surface area contributed by atoms with Crippen molar-refractivity contribution in [3.8, 4) is 22.8 Å². The topological polar surface area (TPSA) is 57.0 Å². The van der Waals surface area contributed by atoms with Crippen LogP contribution in [0.15, 0.2) is 48.8 Å². The first-order valence-electron chi connectivity index (χ1n) is 7.71. The number of hydrogen-bond acceptors (Lipinski definition) is 4. The number of methoxy groups -OCH3 is 1. The molecule has 24 heavy (non-hydrogen) atoms. The maximum Gasteiger partial charge on any atom is 0.162 e. The zero-order valence-corrected chi connectivity index (χ0v) is 14.0. The Morgan fingerprint density at radius 2 is 1.62 bits per heavy atom. The molecule has 0 spiro atoms. The fourth-order valence-corrected chi connectivity index (χ4v) is 3.04. The van der Waals surface area contributed by atoms with Crippen LogP contribution < -0.4 is 0 Å². The Morgan fingerprint density at radius 1 is 1.04 bits per heavy atom. The smallest absolute Gasteiger partial charge is 0.162 e. The molecule has 5 heteroatoms. The zero-order chi connectivity index (χ0) is 17.1. The maximum absolute atomic E-state index is 12.4. The van der Waals surface area contributed by atoms with Crippen LogP contribution in [0.1, 0.15) is 22.8 Å². The van der Waals surface area contributed by atoms with E-state index in [0.717, 1.165) is 28.3 Å². The Bertz CT molecular complexity index is 855. The lowest BCUT2D eigenvalue weighted by Gasteiger charge is -2.12. The summed E-state index contributed by atoms with van der Waals surface area (Å²) in [5, 5.41) is 0. The molecule has 122 valence electrons. The molecule has 3 aromatic heterocycles. The molecule has 5 nitrogen and oxygen atoms in total. The monoisotopic (exact) mass is 321 g/mol. The Hall–Kier alpha value is -2.79. The average Bonchev–Trinajstić information content (AvgIpc) is 2.89. The Morgan fingerprint density at radius 3 is 2.08 bits per heavy atom. The second kappa shape index (κ2) is 6.76. The highest BCUT2D eigenvalue weighted by molar-refractivity contribution is 6.03. The molecule has 0 radical (unpaired) electrons. The number of ether oxygens (including phenoxy) is 1. The van der Waals surface area contributed by atoms with Crippen molar-refractivity contribution >= 4 is 5.78 Å². The second-order valence-corrected chi connectivity index (χ2v) is 5.53. The van der Waals surface area contributed by atoms with Crippen LogP contribution in [0.25, 0.3) is 22.8 Å². The number of carbonyl (C=O) groups excluding carboxylic acids is 1. The van der Waals surface area contributed by atoms with E-state index in [0.29, 0.717) is 12.3 Å². The minimum Gasteiger partial charge on any atom is -0.364 e. The standard InChI is InChI=1S/C19H19N3O2/c1-13-17(14(2)23)19(16-9-5-7-11-21-16)22(12-24-3)18(13)15-8-4-6-10-20-15/h4-11H,12H2,1-3H3. The molecule has 0 atom stereocenters. The number of carbonyl (C=O) groups is 1. The summed E-state index contributed by atoms with van der Waals surface area (Å²) in [4.78, 5) is 21.2. The van der Waals surface area contributed by atoms with E-state index in [4.69, 9.17) is 4.74 Å². The van der Waals surface area contributed by atoms with E-state index >= 15 is 0 Å². The van der Waals surface area contributed by atoms with Crippen LogP contribution >= 0.6 is 0 Å². The van der Waals surface area contributed by atoms with E-state index in [1.54, 1.807) is 26.4 Å². The van der Waals surface area contributed by atoms with Crippen LogP contribution in [0, 0.1) is 6.92 Å². The van der Waals surface area contributed by atoms with Gasteiger partial charge >= 0.3 is 0 Å². The molecule has 0 saturated heterocycles. The summed E-state index contributed by atoms with van der Waals surface area (Å²) < 4.78 is 7.37. The van der Waals surface area contributed by atoms with E-state index in [9.17, 15) is 4.79 Å². The highest BCUT2D eigenvalue weighted by Gasteiger charge is 2.25. The van der Waals surface area contributed by atoms with Gasteiger partial charge in [-0.05, 0) is 43.7 Å². The summed E-state index contributed by atoms with van der Waals surface area (Å²) in [5.74, 6) is 0.000173. The van der Waals surface area contributed by atoms with Gasteiger partial charge < -0.3 is 9.30 Å². The van der Waals surface area contributed by atoms with Crippen molar-refractivity contribution in [3.05, 3.63) is 59.9 Å². The van der Waals surface area contributed by atoms with Crippen LogP contribution in [0.4, 0.5) is 0 Å². The first kappa shape index (κ1) is 16.1. The lowest BCUT2D eigenvalue weighted by Crippen LogP contribution is -2.06.